The highest BCUT2D eigenvalue weighted by Gasteiger charge is 2.37. The molecule has 1 aromatic rings. The zero-order valence-electron chi connectivity index (χ0n) is 10.9. The quantitative estimate of drug-likeness (QED) is 0.822. The Balaban J connectivity index is 2.05. The fourth-order valence-electron chi connectivity index (χ4n) is 2.02. The zero-order valence-corrected chi connectivity index (χ0v) is 12.6. The number of thioether (sulfide) groups is 1. The van der Waals surface area contributed by atoms with Crippen LogP contribution in [0.4, 0.5) is 0 Å². The van der Waals surface area contributed by atoms with Crippen LogP contribution in [0.3, 0.4) is 0 Å². The van der Waals surface area contributed by atoms with Gasteiger partial charge in [-0.1, -0.05) is 12.5 Å². The van der Waals surface area contributed by atoms with Crippen molar-refractivity contribution in [2.24, 2.45) is 5.73 Å². The van der Waals surface area contributed by atoms with Gasteiger partial charge in [-0.15, -0.1) is 0 Å². The summed E-state index contributed by atoms with van der Waals surface area (Å²) in [6, 6.07) is 3.19. The largest absolute Gasteiger partial charge is 0.326 e. The van der Waals surface area contributed by atoms with Crippen LogP contribution in [-0.4, -0.2) is 30.9 Å². The van der Waals surface area contributed by atoms with Crippen LogP contribution in [0.25, 0.3) is 0 Å². The molecular weight excluding hydrogens is 282 g/mol. The predicted octanol–water partition coefficient (Wildman–Crippen LogP) is 1.10. The van der Waals surface area contributed by atoms with Crippen LogP contribution in [0.15, 0.2) is 23.4 Å². The van der Waals surface area contributed by atoms with Gasteiger partial charge < -0.3 is 5.73 Å². The van der Waals surface area contributed by atoms with E-state index in [1.807, 2.05) is 6.26 Å². The third-order valence-corrected chi connectivity index (χ3v) is 6.33. The van der Waals surface area contributed by atoms with E-state index >= 15 is 0 Å². The SMILES string of the molecule is CSC1(CNS(=O)(=O)c2ccc(CN)cn2)CCC1. The normalized spacial score (nSPS) is 18.0. The number of sulfonamides is 1. The van der Waals surface area contributed by atoms with E-state index in [1.54, 1.807) is 17.8 Å². The molecule has 0 aliphatic heterocycles. The molecule has 0 unspecified atom stereocenters. The first-order chi connectivity index (χ1) is 9.01. The molecule has 0 radical (unpaired) electrons. The molecule has 0 saturated heterocycles. The Morgan fingerprint density at radius 1 is 1.47 bits per heavy atom. The summed E-state index contributed by atoms with van der Waals surface area (Å²) in [4.78, 5) is 3.95. The van der Waals surface area contributed by atoms with E-state index in [9.17, 15) is 8.42 Å². The molecule has 1 saturated carbocycles. The van der Waals surface area contributed by atoms with Crippen LogP contribution in [0.2, 0.25) is 0 Å². The number of hydrogen-bond donors (Lipinski definition) is 2. The van der Waals surface area contributed by atoms with E-state index < -0.39 is 10.0 Å². The first-order valence-corrected chi connectivity index (χ1v) is 8.92. The molecule has 0 spiro atoms. The van der Waals surface area contributed by atoms with Gasteiger partial charge in [0.25, 0.3) is 10.0 Å². The summed E-state index contributed by atoms with van der Waals surface area (Å²) in [5.74, 6) is 0. The molecule has 1 aromatic heterocycles. The van der Waals surface area contributed by atoms with Gasteiger partial charge in [-0.2, -0.15) is 11.8 Å². The molecule has 106 valence electrons. The standard InChI is InChI=1S/C12H19N3O2S2/c1-18-12(5-2-6-12)9-15-19(16,17)11-4-3-10(7-13)8-14-11/h3-4,8,15H,2,5-7,9,13H2,1H3. The average Bonchev–Trinajstić information content (AvgIpc) is 2.38. The summed E-state index contributed by atoms with van der Waals surface area (Å²) < 4.78 is 27.0. The molecule has 1 heterocycles. The van der Waals surface area contributed by atoms with E-state index in [4.69, 9.17) is 5.73 Å². The number of nitrogens with one attached hydrogen (secondary N) is 1. The second-order valence-corrected chi connectivity index (χ2v) is 7.76. The van der Waals surface area contributed by atoms with Crippen molar-refractivity contribution in [1.29, 1.82) is 0 Å². The molecule has 2 rings (SSSR count). The van der Waals surface area contributed by atoms with Crippen LogP contribution in [-0.2, 0) is 16.6 Å². The number of nitrogens with zero attached hydrogens (tertiary/aromatic N) is 1. The lowest BCUT2D eigenvalue weighted by molar-refractivity contribution is 0.361. The predicted molar refractivity (Wildman–Crippen MR) is 77.4 cm³/mol. The summed E-state index contributed by atoms with van der Waals surface area (Å²) in [5.41, 5.74) is 6.28. The van der Waals surface area contributed by atoms with Gasteiger partial charge in [-0.3, -0.25) is 0 Å². The van der Waals surface area contributed by atoms with Gasteiger partial charge in [0.05, 0.1) is 0 Å². The van der Waals surface area contributed by atoms with Crippen LogP contribution in [0.1, 0.15) is 24.8 Å². The van der Waals surface area contributed by atoms with Gasteiger partial charge in [-0.25, -0.2) is 18.1 Å². The zero-order chi connectivity index (χ0) is 13.9. The minimum absolute atomic E-state index is 0.0558. The number of aromatic nitrogens is 1. The van der Waals surface area contributed by atoms with E-state index in [1.165, 1.54) is 18.7 Å². The number of hydrogen-bond acceptors (Lipinski definition) is 5. The maximum absolute atomic E-state index is 12.1. The monoisotopic (exact) mass is 301 g/mol. The molecule has 0 amide bonds. The summed E-state index contributed by atoms with van der Waals surface area (Å²) in [6.45, 7) is 0.827. The Labute approximate surface area is 118 Å². The lowest BCUT2D eigenvalue weighted by Gasteiger charge is -2.40. The van der Waals surface area contributed by atoms with Crippen molar-refractivity contribution in [2.75, 3.05) is 12.8 Å². The first-order valence-electron chi connectivity index (χ1n) is 6.21. The van der Waals surface area contributed by atoms with Crippen molar-refractivity contribution in [3.8, 4) is 0 Å². The maximum atomic E-state index is 12.1. The van der Waals surface area contributed by atoms with E-state index in [0.717, 1.165) is 18.4 Å². The van der Waals surface area contributed by atoms with Crippen molar-refractivity contribution in [3.63, 3.8) is 0 Å². The molecule has 19 heavy (non-hydrogen) atoms. The molecule has 1 aliphatic rings. The minimum Gasteiger partial charge on any atom is -0.326 e. The Morgan fingerprint density at radius 2 is 2.21 bits per heavy atom. The number of nitrogens with two attached hydrogens (primary N) is 1. The molecule has 0 atom stereocenters. The average molecular weight is 301 g/mol. The second-order valence-electron chi connectivity index (χ2n) is 4.77. The van der Waals surface area contributed by atoms with Crippen molar-refractivity contribution < 1.29 is 8.42 Å². The maximum Gasteiger partial charge on any atom is 0.258 e. The number of pyridine rings is 1. The first kappa shape index (κ1) is 14.8. The van der Waals surface area contributed by atoms with Crippen LogP contribution in [0, 0.1) is 0 Å². The third-order valence-electron chi connectivity index (χ3n) is 3.59. The molecule has 0 bridgehead atoms. The van der Waals surface area contributed by atoms with Gasteiger partial charge >= 0.3 is 0 Å². The lowest BCUT2D eigenvalue weighted by Crippen LogP contribution is -2.45. The Bertz CT molecular complexity index is 519. The smallest absolute Gasteiger partial charge is 0.258 e. The number of rotatable bonds is 6. The van der Waals surface area contributed by atoms with Gasteiger partial charge in [-0.05, 0) is 30.7 Å². The second kappa shape index (κ2) is 5.78. The lowest BCUT2D eigenvalue weighted by atomic mass is 9.84. The van der Waals surface area contributed by atoms with Gasteiger partial charge in [0, 0.05) is 24.0 Å². The van der Waals surface area contributed by atoms with Crippen LogP contribution < -0.4 is 10.5 Å². The van der Waals surface area contributed by atoms with E-state index in [2.05, 4.69) is 9.71 Å². The molecule has 3 N–H and O–H groups in total. The molecule has 0 aromatic carbocycles. The van der Waals surface area contributed by atoms with Crippen molar-refractivity contribution >= 4 is 21.8 Å². The molecule has 1 fully saturated rings. The van der Waals surface area contributed by atoms with E-state index in [0.29, 0.717) is 13.1 Å². The Kier molecular flexibility index (Phi) is 4.50. The Hall–Kier alpha value is -0.630. The van der Waals surface area contributed by atoms with Crippen molar-refractivity contribution in [3.05, 3.63) is 23.9 Å². The van der Waals surface area contributed by atoms with Crippen molar-refractivity contribution in [1.82, 2.24) is 9.71 Å². The van der Waals surface area contributed by atoms with Gasteiger partial charge in [0.2, 0.25) is 0 Å². The summed E-state index contributed by atoms with van der Waals surface area (Å²) in [6.07, 6.45) is 6.84. The topological polar surface area (TPSA) is 85.1 Å². The van der Waals surface area contributed by atoms with Crippen molar-refractivity contribution in [2.45, 2.75) is 35.6 Å². The highest BCUT2D eigenvalue weighted by atomic mass is 32.2. The molecule has 5 nitrogen and oxygen atoms in total. The van der Waals surface area contributed by atoms with Crippen LogP contribution >= 0.6 is 11.8 Å². The Morgan fingerprint density at radius 3 is 2.63 bits per heavy atom. The minimum atomic E-state index is -3.52. The summed E-state index contributed by atoms with van der Waals surface area (Å²) >= 11 is 1.74. The van der Waals surface area contributed by atoms with Gasteiger partial charge in [0.1, 0.15) is 0 Å². The molecule has 1 aliphatic carbocycles. The molecular formula is C12H19N3O2S2. The summed E-state index contributed by atoms with van der Waals surface area (Å²) in [5, 5.41) is 0.0558. The fourth-order valence-corrected chi connectivity index (χ4v) is 4.07. The third kappa shape index (κ3) is 3.28. The highest BCUT2D eigenvalue weighted by Crippen LogP contribution is 2.42. The fraction of sp³-hybridized carbons (Fsp3) is 0.583. The molecule has 7 heteroatoms. The summed E-state index contributed by atoms with van der Waals surface area (Å²) in [7, 11) is -3.52. The van der Waals surface area contributed by atoms with Gasteiger partial charge in [0.15, 0.2) is 5.03 Å². The van der Waals surface area contributed by atoms with E-state index in [-0.39, 0.29) is 9.77 Å². The van der Waals surface area contributed by atoms with Crippen LogP contribution in [0.5, 0.6) is 0 Å². The highest BCUT2D eigenvalue weighted by molar-refractivity contribution is 8.00.